The molecule has 3 aromatic carbocycles. The third kappa shape index (κ3) is 5.15. The van der Waals surface area contributed by atoms with Crippen LogP contribution in [-0.4, -0.2) is 48.0 Å². The van der Waals surface area contributed by atoms with Gasteiger partial charge in [-0.25, -0.2) is 4.68 Å². The van der Waals surface area contributed by atoms with Crippen LogP contribution in [0.4, 0.5) is 0 Å². The molecular weight excluding hydrogens is 422 g/mol. The molecule has 0 aliphatic carbocycles. The fourth-order valence-corrected chi connectivity index (χ4v) is 4.48. The van der Waals surface area contributed by atoms with E-state index < -0.39 is 0 Å². The third-order valence-electron chi connectivity index (χ3n) is 6.35. The zero-order valence-electron chi connectivity index (χ0n) is 19.7. The number of para-hydroxylation sites is 1. The molecule has 5 heteroatoms. The monoisotopic (exact) mass is 453 g/mol. The average molecular weight is 454 g/mol. The summed E-state index contributed by atoms with van der Waals surface area (Å²) < 4.78 is 13.5. The number of hydrogen-bond donors (Lipinski definition) is 0. The SMILES string of the molecule is COc1ccc(-c2cc(-c3cccc(OCCN4CCCCC4)c3)n(-c3ccccc3)n2)cc1. The van der Waals surface area contributed by atoms with Crippen LogP contribution in [0.2, 0.25) is 0 Å². The molecule has 0 radical (unpaired) electrons. The number of methoxy groups -OCH3 is 1. The molecule has 1 fully saturated rings. The lowest BCUT2D eigenvalue weighted by molar-refractivity contribution is 0.183. The topological polar surface area (TPSA) is 39.5 Å². The molecule has 1 aliphatic rings. The highest BCUT2D eigenvalue weighted by atomic mass is 16.5. The Morgan fingerprint density at radius 3 is 2.32 bits per heavy atom. The van der Waals surface area contributed by atoms with Crippen molar-refractivity contribution < 1.29 is 9.47 Å². The molecule has 0 N–H and O–H groups in total. The zero-order valence-corrected chi connectivity index (χ0v) is 19.7. The molecule has 5 nitrogen and oxygen atoms in total. The maximum Gasteiger partial charge on any atom is 0.120 e. The first-order valence-corrected chi connectivity index (χ1v) is 12.1. The molecule has 5 rings (SSSR count). The second kappa shape index (κ2) is 10.6. The number of piperidine rings is 1. The summed E-state index contributed by atoms with van der Waals surface area (Å²) in [6.07, 6.45) is 3.96. The molecule has 0 spiro atoms. The van der Waals surface area contributed by atoms with Gasteiger partial charge >= 0.3 is 0 Å². The van der Waals surface area contributed by atoms with Crippen LogP contribution in [-0.2, 0) is 0 Å². The minimum atomic E-state index is 0.707. The Morgan fingerprint density at radius 2 is 1.56 bits per heavy atom. The minimum absolute atomic E-state index is 0.707. The molecule has 1 aromatic heterocycles. The molecule has 0 unspecified atom stereocenters. The third-order valence-corrected chi connectivity index (χ3v) is 6.35. The number of benzene rings is 3. The molecule has 4 aromatic rings. The first-order valence-electron chi connectivity index (χ1n) is 12.1. The van der Waals surface area contributed by atoms with Crippen LogP contribution < -0.4 is 9.47 Å². The predicted octanol–water partition coefficient (Wildman–Crippen LogP) is 6.08. The minimum Gasteiger partial charge on any atom is -0.497 e. The van der Waals surface area contributed by atoms with Crippen molar-refractivity contribution in [3.8, 4) is 39.7 Å². The highest BCUT2D eigenvalue weighted by molar-refractivity contribution is 5.71. The number of aromatic nitrogens is 2. The van der Waals surface area contributed by atoms with Crippen molar-refractivity contribution in [2.45, 2.75) is 19.3 Å². The standard InChI is InChI=1S/C29H31N3O2/c1-33-26-15-13-23(14-16-26)28-22-29(32(30-28)25-10-4-2-5-11-25)24-9-8-12-27(21-24)34-20-19-31-17-6-3-7-18-31/h2,4-5,8-16,21-22H,3,6-7,17-20H2,1H3. The van der Waals surface area contributed by atoms with Crippen LogP contribution in [0, 0.1) is 0 Å². The van der Waals surface area contributed by atoms with Crippen LogP contribution in [0.5, 0.6) is 11.5 Å². The van der Waals surface area contributed by atoms with Crippen molar-refractivity contribution in [1.82, 2.24) is 14.7 Å². The number of ether oxygens (including phenoxy) is 2. The molecule has 34 heavy (non-hydrogen) atoms. The van der Waals surface area contributed by atoms with Crippen LogP contribution in [0.15, 0.2) is 84.9 Å². The molecule has 0 amide bonds. The van der Waals surface area contributed by atoms with E-state index in [4.69, 9.17) is 14.6 Å². The summed E-state index contributed by atoms with van der Waals surface area (Å²) in [7, 11) is 1.68. The van der Waals surface area contributed by atoms with Gasteiger partial charge in [0.15, 0.2) is 0 Å². The Hall–Kier alpha value is -3.57. The smallest absolute Gasteiger partial charge is 0.120 e. The first kappa shape index (κ1) is 22.2. The van der Waals surface area contributed by atoms with Gasteiger partial charge in [0.1, 0.15) is 18.1 Å². The van der Waals surface area contributed by atoms with Crippen LogP contribution in [0.25, 0.3) is 28.2 Å². The Morgan fingerprint density at radius 1 is 0.765 bits per heavy atom. The van der Waals surface area contributed by atoms with Gasteiger partial charge in [-0.1, -0.05) is 36.8 Å². The molecule has 0 saturated carbocycles. The highest BCUT2D eigenvalue weighted by Gasteiger charge is 2.14. The maximum absolute atomic E-state index is 6.15. The van der Waals surface area contributed by atoms with E-state index >= 15 is 0 Å². The van der Waals surface area contributed by atoms with E-state index in [9.17, 15) is 0 Å². The number of rotatable bonds is 8. The van der Waals surface area contributed by atoms with Gasteiger partial charge in [-0.15, -0.1) is 0 Å². The Balaban J connectivity index is 1.42. The molecule has 0 atom stereocenters. The van der Waals surface area contributed by atoms with Gasteiger partial charge in [-0.05, 0) is 80.5 Å². The fourth-order valence-electron chi connectivity index (χ4n) is 4.48. The second-order valence-corrected chi connectivity index (χ2v) is 8.67. The van der Waals surface area contributed by atoms with Crippen molar-refractivity contribution in [3.05, 3.63) is 84.9 Å². The van der Waals surface area contributed by atoms with E-state index in [1.54, 1.807) is 7.11 Å². The summed E-state index contributed by atoms with van der Waals surface area (Å²) in [4.78, 5) is 2.50. The zero-order chi connectivity index (χ0) is 23.2. The van der Waals surface area contributed by atoms with Crippen molar-refractivity contribution in [2.24, 2.45) is 0 Å². The first-order chi connectivity index (χ1) is 16.8. The Labute approximate surface area is 201 Å². The van der Waals surface area contributed by atoms with Gasteiger partial charge in [0.25, 0.3) is 0 Å². The van der Waals surface area contributed by atoms with E-state index in [-0.39, 0.29) is 0 Å². The largest absolute Gasteiger partial charge is 0.497 e. The number of nitrogens with zero attached hydrogens (tertiary/aromatic N) is 3. The highest BCUT2D eigenvalue weighted by Crippen LogP contribution is 2.31. The van der Waals surface area contributed by atoms with Crippen molar-refractivity contribution in [3.63, 3.8) is 0 Å². The van der Waals surface area contributed by atoms with E-state index in [1.807, 2.05) is 53.2 Å². The molecule has 174 valence electrons. The molecular formula is C29H31N3O2. The maximum atomic E-state index is 6.15. The van der Waals surface area contributed by atoms with Gasteiger partial charge in [-0.3, -0.25) is 4.90 Å². The van der Waals surface area contributed by atoms with Gasteiger partial charge in [-0.2, -0.15) is 5.10 Å². The van der Waals surface area contributed by atoms with Gasteiger partial charge in [0.05, 0.1) is 24.2 Å². The van der Waals surface area contributed by atoms with E-state index in [2.05, 4.69) is 41.3 Å². The number of likely N-dealkylation sites (tertiary alicyclic amines) is 1. The second-order valence-electron chi connectivity index (χ2n) is 8.67. The van der Waals surface area contributed by atoms with Crippen molar-refractivity contribution in [2.75, 3.05) is 33.4 Å². The summed E-state index contributed by atoms with van der Waals surface area (Å²) >= 11 is 0. The lowest BCUT2D eigenvalue weighted by Gasteiger charge is -2.26. The van der Waals surface area contributed by atoms with E-state index in [1.165, 1.54) is 32.4 Å². The summed E-state index contributed by atoms with van der Waals surface area (Å²) in [6, 6.07) is 28.7. The lowest BCUT2D eigenvalue weighted by atomic mass is 10.1. The lowest BCUT2D eigenvalue weighted by Crippen LogP contribution is -2.33. The molecule has 0 bridgehead atoms. The predicted molar refractivity (Wildman–Crippen MR) is 137 cm³/mol. The van der Waals surface area contributed by atoms with Crippen molar-refractivity contribution in [1.29, 1.82) is 0 Å². The summed E-state index contributed by atoms with van der Waals surface area (Å²) in [5.74, 6) is 1.72. The fraction of sp³-hybridized carbons (Fsp3) is 0.276. The van der Waals surface area contributed by atoms with Crippen LogP contribution in [0.1, 0.15) is 19.3 Å². The molecule has 1 saturated heterocycles. The normalized spacial score (nSPS) is 14.1. The molecule has 2 heterocycles. The van der Waals surface area contributed by atoms with Crippen LogP contribution in [0.3, 0.4) is 0 Å². The van der Waals surface area contributed by atoms with Gasteiger partial charge in [0, 0.05) is 17.7 Å². The summed E-state index contributed by atoms with van der Waals surface area (Å²) in [6.45, 7) is 4.06. The summed E-state index contributed by atoms with van der Waals surface area (Å²) in [5.41, 5.74) is 5.09. The Kier molecular flexibility index (Phi) is 6.91. The Bertz CT molecular complexity index is 1200. The van der Waals surface area contributed by atoms with E-state index in [0.29, 0.717) is 6.61 Å². The average Bonchev–Trinajstić information content (AvgIpc) is 3.36. The number of hydrogen-bond acceptors (Lipinski definition) is 4. The van der Waals surface area contributed by atoms with Crippen LogP contribution >= 0.6 is 0 Å². The van der Waals surface area contributed by atoms with Crippen molar-refractivity contribution >= 4 is 0 Å². The quantitative estimate of drug-likeness (QED) is 0.324. The van der Waals surface area contributed by atoms with Gasteiger partial charge < -0.3 is 9.47 Å². The molecule has 1 aliphatic heterocycles. The summed E-state index contributed by atoms with van der Waals surface area (Å²) in [5, 5.41) is 4.96. The van der Waals surface area contributed by atoms with E-state index in [0.717, 1.165) is 46.2 Å². The van der Waals surface area contributed by atoms with Gasteiger partial charge in [0.2, 0.25) is 0 Å².